The van der Waals surface area contributed by atoms with Crippen molar-refractivity contribution in [1.29, 1.82) is 0 Å². The van der Waals surface area contributed by atoms with E-state index >= 15 is 0 Å². The molecule has 7 heteroatoms. The van der Waals surface area contributed by atoms with Crippen molar-refractivity contribution in [1.82, 2.24) is 4.98 Å². The molecule has 0 aliphatic heterocycles. The molecule has 2 rings (SSSR count). The minimum atomic E-state index is -4.84. The zero-order chi connectivity index (χ0) is 14.0. The van der Waals surface area contributed by atoms with Crippen LogP contribution in [0.25, 0.3) is 11.1 Å². The van der Waals surface area contributed by atoms with Crippen molar-refractivity contribution >= 4 is 5.82 Å². The van der Waals surface area contributed by atoms with E-state index in [-0.39, 0.29) is 16.9 Å². The summed E-state index contributed by atoms with van der Waals surface area (Å²) in [5, 5.41) is 0. The molecule has 0 atom stereocenters. The maximum absolute atomic E-state index is 13.1. The number of nitrogens with zero attached hydrogens (tertiary/aromatic N) is 1. The zero-order valence-corrected chi connectivity index (χ0v) is 9.41. The number of nitrogen functional groups attached to an aromatic ring is 1. The molecular formula is C12H8F4N2O. The smallest absolute Gasteiger partial charge is 0.405 e. The lowest BCUT2D eigenvalue weighted by Gasteiger charge is -2.14. The van der Waals surface area contributed by atoms with Crippen molar-refractivity contribution < 1.29 is 22.3 Å². The van der Waals surface area contributed by atoms with Crippen LogP contribution in [0.4, 0.5) is 23.4 Å². The fourth-order valence-electron chi connectivity index (χ4n) is 1.57. The average molecular weight is 272 g/mol. The molecule has 1 aromatic heterocycles. The first-order valence-electron chi connectivity index (χ1n) is 5.13. The number of aromatic nitrogens is 1. The molecule has 0 amide bonds. The second-order valence-electron chi connectivity index (χ2n) is 3.63. The van der Waals surface area contributed by atoms with Crippen LogP contribution in [0.5, 0.6) is 5.75 Å². The molecule has 1 aromatic carbocycles. The molecule has 0 unspecified atom stereocenters. The third kappa shape index (κ3) is 3.12. The topological polar surface area (TPSA) is 48.1 Å². The van der Waals surface area contributed by atoms with Gasteiger partial charge < -0.3 is 10.5 Å². The van der Waals surface area contributed by atoms with Crippen molar-refractivity contribution in [3.63, 3.8) is 0 Å². The molecule has 1 heterocycles. The molecule has 3 nitrogen and oxygen atoms in total. The Morgan fingerprint density at radius 2 is 1.79 bits per heavy atom. The van der Waals surface area contributed by atoms with Gasteiger partial charge in [-0.15, -0.1) is 13.2 Å². The number of para-hydroxylation sites is 1. The van der Waals surface area contributed by atoms with Crippen LogP contribution in [0, 0.1) is 5.82 Å². The Kier molecular flexibility index (Phi) is 3.28. The van der Waals surface area contributed by atoms with Gasteiger partial charge in [-0.3, -0.25) is 0 Å². The minimum Gasteiger partial charge on any atom is -0.405 e. The molecule has 0 saturated heterocycles. The molecule has 2 aromatic rings. The molecule has 0 fully saturated rings. The van der Waals surface area contributed by atoms with Crippen LogP contribution in [-0.2, 0) is 0 Å². The number of anilines is 1. The van der Waals surface area contributed by atoms with E-state index in [4.69, 9.17) is 5.73 Å². The van der Waals surface area contributed by atoms with Gasteiger partial charge in [0, 0.05) is 11.1 Å². The number of nitrogens with two attached hydrogens (primary N) is 1. The number of ether oxygens (including phenoxy) is 1. The number of pyridine rings is 1. The Morgan fingerprint density at radius 1 is 1.11 bits per heavy atom. The summed E-state index contributed by atoms with van der Waals surface area (Å²) in [5.74, 6) is -1.25. The SMILES string of the molecule is Nc1ncc(F)cc1-c1ccccc1OC(F)(F)F. The van der Waals surface area contributed by atoms with Crippen LogP contribution in [0.3, 0.4) is 0 Å². The molecule has 19 heavy (non-hydrogen) atoms. The van der Waals surface area contributed by atoms with E-state index in [0.29, 0.717) is 0 Å². The van der Waals surface area contributed by atoms with E-state index in [1.54, 1.807) is 0 Å². The third-order valence-electron chi connectivity index (χ3n) is 2.29. The number of rotatable bonds is 2. The second kappa shape index (κ2) is 4.75. The van der Waals surface area contributed by atoms with Crippen LogP contribution in [0.1, 0.15) is 0 Å². The van der Waals surface area contributed by atoms with Crippen molar-refractivity contribution in [3.05, 3.63) is 42.3 Å². The van der Waals surface area contributed by atoms with Gasteiger partial charge in [0.15, 0.2) is 0 Å². The van der Waals surface area contributed by atoms with E-state index in [2.05, 4.69) is 9.72 Å². The van der Waals surface area contributed by atoms with Crippen LogP contribution < -0.4 is 10.5 Å². The maximum atomic E-state index is 13.1. The summed E-state index contributed by atoms with van der Waals surface area (Å²) in [4.78, 5) is 3.56. The largest absolute Gasteiger partial charge is 0.573 e. The summed E-state index contributed by atoms with van der Waals surface area (Å²) in [7, 11) is 0. The van der Waals surface area contributed by atoms with Gasteiger partial charge in [0.25, 0.3) is 0 Å². The van der Waals surface area contributed by atoms with Gasteiger partial charge in [0.05, 0.1) is 6.20 Å². The molecule has 0 bridgehead atoms. The quantitative estimate of drug-likeness (QED) is 0.853. The standard InChI is InChI=1S/C12H8F4N2O/c13-7-5-9(11(17)18-6-7)8-3-1-2-4-10(8)19-12(14,15)16/h1-6H,(H2,17,18). The summed E-state index contributed by atoms with van der Waals surface area (Å²) in [6.07, 6.45) is -3.96. The van der Waals surface area contributed by atoms with Gasteiger partial charge in [0.1, 0.15) is 17.4 Å². The van der Waals surface area contributed by atoms with Gasteiger partial charge in [-0.25, -0.2) is 9.37 Å². The van der Waals surface area contributed by atoms with Gasteiger partial charge >= 0.3 is 6.36 Å². The molecule has 0 aliphatic carbocycles. The normalized spacial score (nSPS) is 11.4. The molecular weight excluding hydrogens is 264 g/mol. The summed E-state index contributed by atoms with van der Waals surface area (Å²) in [6.45, 7) is 0. The van der Waals surface area contributed by atoms with E-state index in [0.717, 1.165) is 18.3 Å². The lowest BCUT2D eigenvalue weighted by Crippen LogP contribution is -2.17. The van der Waals surface area contributed by atoms with Crippen LogP contribution in [-0.4, -0.2) is 11.3 Å². The van der Waals surface area contributed by atoms with E-state index in [9.17, 15) is 17.6 Å². The lowest BCUT2D eigenvalue weighted by molar-refractivity contribution is -0.274. The highest BCUT2D eigenvalue weighted by Gasteiger charge is 2.32. The van der Waals surface area contributed by atoms with Gasteiger partial charge in [-0.1, -0.05) is 18.2 Å². The molecule has 0 spiro atoms. The lowest BCUT2D eigenvalue weighted by atomic mass is 10.1. The highest BCUT2D eigenvalue weighted by molar-refractivity contribution is 5.78. The number of benzene rings is 1. The van der Waals surface area contributed by atoms with Gasteiger partial charge in [-0.2, -0.15) is 0 Å². The van der Waals surface area contributed by atoms with Gasteiger partial charge in [0.2, 0.25) is 0 Å². The summed E-state index contributed by atoms with van der Waals surface area (Å²) >= 11 is 0. The Balaban J connectivity index is 2.53. The average Bonchev–Trinajstić information content (AvgIpc) is 2.31. The molecule has 2 N–H and O–H groups in total. The molecule has 0 aliphatic rings. The summed E-state index contributed by atoms with van der Waals surface area (Å²) < 4.78 is 53.8. The number of hydrogen-bond donors (Lipinski definition) is 1. The summed E-state index contributed by atoms with van der Waals surface area (Å²) in [6, 6.07) is 6.32. The van der Waals surface area contributed by atoms with E-state index in [1.807, 2.05) is 0 Å². The predicted octanol–water partition coefficient (Wildman–Crippen LogP) is 3.37. The molecule has 0 radical (unpaired) electrons. The second-order valence-corrected chi connectivity index (χ2v) is 3.63. The first kappa shape index (κ1) is 13.1. The Morgan fingerprint density at radius 3 is 2.47 bits per heavy atom. The number of halogens is 4. The van der Waals surface area contributed by atoms with Crippen molar-refractivity contribution in [2.45, 2.75) is 6.36 Å². The van der Waals surface area contributed by atoms with E-state index < -0.39 is 17.9 Å². The predicted molar refractivity (Wildman–Crippen MR) is 60.7 cm³/mol. The van der Waals surface area contributed by atoms with Crippen molar-refractivity contribution in [2.75, 3.05) is 5.73 Å². The first-order chi connectivity index (χ1) is 8.87. The van der Waals surface area contributed by atoms with Crippen LogP contribution in [0.15, 0.2) is 36.5 Å². The van der Waals surface area contributed by atoms with Crippen molar-refractivity contribution in [2.24, 2.45) is 0 Å². The van der Waals surface area contributed by atoms with E-state index in [1.165, 1.54) is 18.2 Å². The monoisotopic (exact) mass is 272 g/mol. The van der Waals surface area contributed by atoms with Gasteiger partial charge in [-0.05, 0) is 12.1 Å². The van der Waals surface area contributed by atoms with Crippen molar-refractivity contribution in [3.8, 4) is 16.9 Å². The molecule has 100 valence electrons. The summed E-state index contributed by atoms with van der Waals surface area (Å²) in [5.41, 5.74) is 5.60. The Labute approximate surface area is 105 Å². The Hall–Kier alpha value is -2.31. The number of alkyl halides is 3. The Bertz CT molecular complexity index is 599. The fourth-order valence-corrected chi connectivity index (χ4v) is 1.57. The minimum absolute atomic E-state index is 0.0179. The van der Waals surface area contributed by atoms with Crippen LogP contribution in [0.2, 0.25) is 0 Å². The third-order valence-corrected chi connectivity index (χ3v) is 2.29. The fraction of sp³-hybridized carbons (Fsp3) is 0.0833. The van der Waals surface area contributed by atoms with Crippen LogP contribution >= 0.6 is 0 Å². The molecule has 0 saturated carbocycles. The highest BCUT2D eigenvalue weighted by Crippen LogP contribution is 2.35. The number of hydrogen-bond acceptors (Lipinski definition) is 3. The first-order valence-corrected chi connectivity index (χ1v) is 5.13. The zero-order valence-electron chi connectivity index (χ0n) is 9.41. The highest BCUT2D eigenvalue weighted by atomic mass is 19.4. The maximum Gasteiger partial charge on any atom is 0.573 e.